The third-order valence-corrected chi connectivity index (χ3v) is 1.71. The largest absolute Gasteiger partial charge is 0.457 e. The van der Waals surface area contributed by atoms with E-state index in [0.717, 1.165) is 0 Å². The minimum Gasteiger partial charge on any atom is -0.457 e. The quantitative estimate of drug-likeness (QED) is 0.650. The molecule has 78 valence electrons. The molecule has 4 heteroatoms. The van der Waals surface area contributed by atoms with Crippen molar-refractivity contribution in [2.45, 2.75) is 20.8 Å². The van der Waals surface area contributed by atoms with Crippen LogP contribution in [0.3, 0.4) is 0 Å². The van der Waals surface area contributed by atoms with Crippen LogP contribution in [-0.2, 0) is 19.0 Å². The van der Waals surface area contributed by atoms with Crippen molar-refractivity contribution in [3.05, 3.63) is 24.0 Å². The van der Waals surface area contributed by atoms with Gasteiger partial charge in [-0.3, -0.25) is 4.79 Å². The van der Waals surface area contributed by atoms with Crippen LogP contribution in [-0.4, -0.2) is 12.6 Å². The first kappa shape index (κ1) is 10.6. The fourth-order valence-electron chi connectivity index (χ4n) is 0.892. The number of allylic oxidation sites excluding steroid dienone is 1. The molecule has 0 aromatic heterocycles. The minimum absolute atomic E-state index is 0.0991. The predicted molar refractivity (Wildman–Crippen MR) is 49.8 cm³/mol. The highest BCUT2D eigenvalue weighted by Crippen LogP contribution is 2.23. The summed E-state index contributed by atoms with van der Waals surface area (Å²) in [7, 11) is 0. The predicted octanol–water partition coefficient (Wildman–Crippen LogP) is 1.94. The molecule has 0 aliphatic carbocycles. The van der Waals surface area contributed by atoms with Gasteiger partial charge in [-0.15, -0.1) is 0 Å². The Labute approximate surface area is 83.1 Å². The third-order valence-electron chi connectivity index (χ3n) is 1.71. The summed E-state index contributed by atoms with van der Waals surface area (Å²) in [6.07, 6.45) is 0. The second-order valence-electron chi connectivity index (χ2n) is 3.32. The Balaban J connectivity index is 2.43. The molecule has 4 nitrogen and oxygen atoms in total. The lowest BCUT2D eigenvalue weighted by molar-refractivity contribution is -0.147. The molecule has 0 N–H and O–H groups in total. The van der Waals surface area contributed by atoms with Crippen molar-refractivity contribution < 1.29 is 19.0 Å². The van der Waals surface area contributed by atoms with Gasteiger partial charge >= 0.3 is 5.97 Å². The van der Waals surface area contributed by atoms with Crippen LogP contribution in [0.25, 0.3) is 0 Å². The van der Waals surface area contributed by atoms with E-state index in [4.69, 9.17) is 14.2 Å². The van der Waals surface area contributed by atoms with Crippen LogP contribution in [0.1, 0.15) is 20.8 Å². The number of carbonyl (C=O) groups excluding carboxylic acids is 1. The highest BCUT2D eigenvalue weighted by Gasteiger charge is 2.19. The molecule has 0 unspecified atom stereocenters. The second-order valence-corrected chi connectivity index (χ2v) is 3.32. The van der Waals surface area contributed by atoms with Gasteiger partial charge in [-0.05, 0) is 13.5 Å². The first-order valence-electron chi connectivity index (χ1n) is 4.41. The normalized spacial score (nSPS) is 15.6. The number of hydrogen-bond donors (Lipinski definition) is 0. The molecule has 1 heterocycles. The fraction of sp³-hybridized carbons (Fsp3) is 0.500. The molecule has 1 rings (SSSR count). The Morgan fingerprint density at radius 1 is 1.50 bits per heavy atom. The average Bonchev–Trinajstić information content (AvgIpc) is 2.40. The summed E-state index contributed by atoms with van der Waals surface area (Å²) in [4.78, 5) is 11.1. The molecule has 0 amide bonds. The molecule has 0 aromatic carbocycles. The first-order valence-corrected chi connectivity index (χ1v) is 4.41. The summed E-state index contributed by atoms with van der Waals surface area (Å²) in [6, 6.07) is 0. The van der Waals surface area contributed by atoms with Crippen LogP contribution in [0.5, 0.6) is 0 Å². The van der Waals surface area contributed by atoms with E-state index >= 15 is 0 Å². The van der Waals surface area contributed by atoms with Gasteiger partial charge in [0.05, 0.1) is 5.92 Å². The van der Waals surface area contributed by atoms with E-state index in [1.165, 1.54) is 0 Å². The van der Waals surface area contributed by atoms with Gasteiger partial charge in [-0.25, -0.2) is 0 Å². The van der Waals surface area contributed by atoms with E-state index in [1.54, 1.807) is 20.8 Å². The summed E-state index contributed by atoms with van der Waals surface area (Å²) in [5.41, 5.74) is 0. The first-order chi connectivity index (χ1) is 6.50. The molecule has 0 saturated carbocycles. The SMILES string of the molecule is C=C1OC(C)=C(COC(=O)C(C)C)O1. The number of ether oxygens (including phenoxy) is 3. The smallest absolute Gasteiger partial charge is 0.308 e. The van der Waals surface area contributed by atoms with Gasteiger partial charge in [0.25, 0.3) is 5.95 Å². The van der Waals surface area contributed by atoms with E-state index in [-0.39, 0.29) is 24.4 Å². The molecule has 1 aliphatic heterocycles. The summed E-state index contributed by atoms with van der Waals surface area (Å²) < 4.78 is 15.1. The van der Waals surface area contributed by atoms with Crippen LogP contribution in [0.4, 0.5) is 0 Å². The molecular formula is C10H14O4. The van der Waals surface area contributed by atoms with Gasteiger partial charge in [-0.2, -0.15) is 0 Å². The second kappa shape index (κ2) is 4.17. The standard InChI is InChI=1S/C10H14O4/c1-6(2)10(11)12-5-9-7(3)13-8(4)14-9/h6H,4-5H2,1-3H3. The van der Waals surface area contributed by atoms with Gasteiger partial charge in [0.1, 0.15) is 5.76 Å². The van der Waals surface area contributed by atoms with Gasteiger partial charge in [-0.1, -0.05) is 13.8 Å². The molecule has 0 atom stereocenters. The van der Waals surface area contributed by atoms with Crippen molar-refractivity contribution in [2.75, 3.05) is 6.61 Å². The molecule has 0 aromatic rings. The third kappa shape index (κ3) is 2.52. The summed E-state index contributed by atoms with van der Waals surface area (Å²) in [6.45, 7) is 8.87. The molecule has 0 radical (unpaired) electrons. The lowest BCUT2D eigenvalue weighted by Crippen LogP contribution is -2.13. The highest BCUT2D eigenvalue weighted by atomic mass is 16.7. The van der Waals surface area contributed by atoms with Crippen LogP contribution in [0.15, 0.2) is 24.0 Å². The Hall–Kier alpha value is -1.45. The van der Waals surface area contributed by atoms with Crippen LogP contribution < -0.4 is 0 Å². The van der Waals surface area contributed by atoms with E-state index in [2.05, 4.69) is 6.58 Å². The highest BCUT2D eigenvalue weighted by molar-refractivity contribution is 5.71. The zero-order chi connectivity index (χ0) is 10.7. The number of carbonyl (C=O) groups is 1. The Morgan fingerprint density at radius 2 is 2.14 bits per heavy atom. The lowest BCUT2D eigenvalue weighted by atomic mass is 10.2. The maximum atomic E-state index is 11.1. The Morgan fingerprint density at radius 3 is 2.57 bits per heavy atom. The summed E-state index contributed by atoms with van der Waals surface area (Å²) in [5.74, 6) is 0.918. The van der Waals surface area contributed by atoms with Crippen molar-refractivity contribution in [2.24, 2.45) is 5.92 Å². The summed E-state index contributed by atoms with van der Waals surface area (Å²) >= 11 is 0. The maximum absolute atomic E-state index is 11.1. The Kier molecular flexibility index (Phi) is 3.17. The van der Waals surface area contributed by atoms with Crippen molar-refractivity contribution >= 4 is 5.97 Å². The summed E-state index contributed by atoms with van der Waals surface area (Å²) in [5, 5.41) is 0. The van der Waals surface area contributed by atoms with Gasteiger partial charge in [0.15, 0.2) is 12.4 Å². The van der Waals surface area contributed by atoms with Gasteiger partial charge in [0.2, 0.25) is 0 Å². The molecule has 14 heavy (non-hydrogen) atoms. The van der Waals surface area contributed by atoms with E-state index in [9.17, 15) is 4.79 Å². The van der Waals surface area contributed by atoms with Crippen LogP contribution in [0, 0.1) is 5.92 Å². The lowest BCUT2D eigenvalue weighted by Gasteiger charge is -2.06. The van der Waals surface area contributed by atoms with E-state index in [1.807, 2.05) is 0 Å². The van der Waals surface area contributed by atoms with E-state index in [0.29, 0.717) is 11.5 Å². The van der Waals surface area contributed by atoms with Crippen molar-refractivity contribution in [3.63, 3.8) is 0 Å². The Bertz CT molecular complexity index is 288. The molecular weight excluding hydrogens is 184 g/mol. The molecule has 0 fully saturated rings. The number of rotatable bonds is 3. The molecule has 0 saturated heterocycles. The van der Waals surface area contributed by atoms with Crippen molar-refractivity contribution in [3.8, 4) is 0 Å². The van der Waals surface area contributed by atoms with Gasteiger partial charge in [0, 0.05) is 0 Å². The monoisotopic (exact) mass is 198 g/mol. The maximum Gasteiger partial charge on any atom is 0.308 e. The van der Waals surface area contributed by atoms with Crippen molar-refractivity contribution in [1.82, 2.24) is 0 Å². The fourth-order valence-corrected chi connectivity index (χ4v) is 0.892. The van der Waals surface area contributed by atoms with Gasteiger partial charge < -0.3 is 14.2 Å². The molecule has 0 spiro atoms. The molecule has 1 aliphatic rings. The topological polar surface area (TPSA) is 44.8 Å². The molecule has 0 bridgehead atoms. The number of hydrogen-bond acceptors (Lipinski definition) is 4. The number of esters is 1. The zero-order valence-electron chi connectivity index (χ0n) is 8.62. The zero-order valence-corrected chi connectivity index (χ0v) is 8.62. The van der Waals surface area contributed by atoms with Crippen LogP contribution >= 0.6 is 0 Å². The minimum atomic E-state index is -0.258. The van der Waals surface area contributed by atoms with E-state index < -0.39 is 0 Å². The van der Waals surface area contributed by atoms with Crippen molar-refractivity contribution in [1.29, 1.82) is 0 Å². The average molecular weight is 198 g/mol. The van der Waals surface area contributed by atoms with Crippen LogP contribution in [0.2, 0.25) is 0 Å².